The maximum absolute atomic E-state index is 4.32. The topological polar surface area (TPSA) is 15.4 Å². The van der Waals surface area contributed by atoms with Crippen LogP contribution in [0.1, 0.15) is 12.0 Å². The van der Waals surface area contributed by atoms with E-state index in [-0.39, 0.29) is 20.1 Å². The van der Waals surface area contributed by atoms with Crippen molar-refractivity contribution >= 4 is 11.9 Å². The molecule has 0 fully saturated rings. The third-order valence-corrected chi connectivity index (χ3v) is 1.85. The van der Waals surface area contributed by atoms with Gasteiger partial charge in [0.05, 0.1) is 0 Å². The molecule has 0 N–H and O–H groups in total. The third kappa shape index (κ3) is 2.33. The van der Waals surface area contributed by atoms with Crippen molar-refractivity contribution in [1.82, 2.24) is 0 Å². The predicted molar refractivity (Wildman–Crippen MR) is 48.7 cm³/mol. The van der Waals surface area contributed by atoms with Gasteiger partial charge in [0.1, 0.15) is 0 Å². The molecule has 0 amide bonds. The first-order chi connectivity index (χ1) is 5.86. The van der Waals surface area contributed by atoms with E-state index in [0.29, 0.717) is 0 Å². The van der Waals surface area contributed by atoms with Gasteiger partial charge in [0.15, 0.2) is 13.3 Å². The number of hydrogen-bond acceptors (Lipinski definition) is 1. The second-order valence-electron chi connectivity index (χ2n) is 2.78. The minimum absolute atomic E-state index is 0. The van der Waals surface area contributed by atoms with Crippen molar-refractivity contribution in [3.63, 3.8) is 0 Å². The van der Waals surface area contributed by atoms with Gasteiger partial charge in [0.2, 0.25) is 0 Å². The van der Waals surface area contributed by atoms with Crippen molar-refractivity contribution in [3.05, 3.63) is 35.9 Å². The minimum Gasteiger partial charge on any atom is -0.147 e. The van der Waals surface area contributed by atoms with Crippen molar-refractivity contribution in [2.45, 2.75) is 6.42 Å². The van der Waals surface area contributed by atoms with Crippen LogP contribution in [-0.4, -0.2) is 23.7 Å². The Balaban J connectivity index is 0.000000845. The molecule has 1 aliphatic heterocycles. The van der Waals surface area contributed by atoms with E-state index in [9.17, 15) is 0 Å². The molecule has 1 aromatic rings. The summed E-state index contributed by atoms with van der Waals surface area (Å²) in [6, 6.07) is 11.1. The molecule has 0 spiro atoms. The van der Waals surface area contributed by atoms with E-state index in [0.717, 1.165) is 17.7 Å². The maximum atomic E-state index is 4.32. The number of hydrazone groups is 1. The zero-order valence-electron chi connectivity index (χ0n) is 7.32. The molecule has 2 rings (SSSR count). The smallest absolute Gasteiger partial charge is 0.147 e. The van der Waals surface area contributed by atoms with E-state index in [1.165, 1.54) is 0 Å². The largest absolute Gasteiger partial charge is 0.169 e. The summed E-state index contributed by atoms with van der Waals surface area (Å²) in [5.74, 6) is 0. The van der Waals surface area contributed by atoms with Crippen LogP contribution in [0.5, 0.6) is 0 Å². The molecule has 0 saturated carbocycles. The molecule has 0 atom stereocenters. The summed E-state index contributed by atoms with van der Waals surface area (Å²) in [5, 5.41) is 4.32. The molecule has 69 valence electrons. The third-order valence-electron chi connectivity index (χ3n) is 1.85. The van der Waals surface area contributed by atoms with Crippen LogP contribution in [0.25, 0.3) is 0 Å². The molecule has 1 heterocycles. The van der Waals surface area contributed by atoms with Gasteiger partial charge in [-0.05, 0) is 0 Å². The van der Waals surface area contributed by atoms with Crippen molar-refractivity contribution in [2.75, 3.05) is 7.05 Å². The summed E-state index contributed by atoms with van der Waals surface area (Å²) >= 11 is 0. The Morgan fingerprint density at radius 1 is 1.46 bits per heavy atom. The monoisotopic (exact) mass is 351 g/mol. The summed E-state index contributed by atoms with van der Waals surface area (Å²) < 4.78 is 1.84. The van der Waals surface area contributed by atoms with Crippen molar-refractivity contribution in [1.29, 1.82) is 0 Å². The first-order valence-corrected chi connectivity index (χ1v) is 3.97. The van der Waals surface area contributed by atoms with Crippen molar-refractivity contribution in [2.24, 2.45) is 5.10 Å². The predicted octanol–water partition coefficient (Wildman–Crippen LogP) is 1.31. The van der Waals surface area contributed by atoms with Gasteiger partial charge in [-0.1, -0.05) is 5.10 Å². The molecule has 2 nitrogen and oxygen atoms in total. The molecule has 13 heavy (non-hydrogen) atoms. The van der Waals surface area contributed by atoms with Crippen LogP contribution in [0.4, 0.5) is 0 Å². The Labute approximate surface area is 91.3 Å². The van der Waals surface area contributed by atoms with Gasteiger partial charge < -0.3 is 0 Å². The second-order valence-corrected chi connectivity index (χ2v) is 2.78. The molecular formula is C10H10IrN2. The van der Waals surface area contributed by atoms with Gasteiger partial charge in [0, 0.05) is 32.2 Å². The molecule has 3 heteroatoms. The van der Waals surface area contributed by atoms with E-state index in [1.807, 2.05) is 36.0 Å². The number of benzene rings is 1. The van der Waals surface area contributed by atoms with Crippen LogP contribution < -0.4 is 0 Å². The van der Waals surface area contributed by atoms with E-state index >= 15 is 0 Å². The van der Waals surface area contributed by atoms with Gasteiger partial charge in [-0.2, -0.15) is 0 Å². The zero-order valence-corrected chi connectivity index (χ0v) is 9.72. The molecule has 0 saturated heterocycles. The van der Waals surface area contributed by atoms with E-state index < -0.39 is 0 Å². The Morgan fingerprint density at radius 2 is 2.31 bits per heavy atom. The number of hydrogen-bond donors (Lipinski definition) is 0. The quantitative estimate of drug-likeness (QED) is 0.536. The normalized spacial score (nSPS) is 14.5. The summed E-state index contributed by atoms with van der Waals surface area (Å²) in [6.07, 6.45) is 2.97. The van der Waals surface area contributed by atoms with Gasteiger partial charge in [-0.3, -0.25) is 0 Å². The van der Waals surface area contributed by atoms with Crippen molar-refractivity contribution in [3.8, 4) is 0 Å². The SMILES string of the molecule is C[N+]1=CCC(c2[c-]cccc2)=N1.[Ir]. The molecular weight excluding hydrogens is 340 g/mol. The molecule has 0 aliphatic carbocycles. The Hall–Kier alpha value is -0.791. The van der Waals surface area contributed by atoms with Crippen molar-refractivity contribution < 1.29 is 24.8 Å². The summed E-state index contributed by atoms with van der Waals surface area (Å²) in [4.78, 5) is 0. The maximum Gasteiger partial charge on any atom is 0.169 e. The Kier molecular flexibility index (Phi) is 3.52. The fourth-order valence-electron chi connectivity index (χ4n) is 1.23. The summed E-state index contributed by atoms with van der Waals surface area (Å²) in [7, 11) is 1.94. The van der Waals surface area contributed by atoms with Crippen LogP contribution in [-0.2, 0) is 20.1 Å². The van der Waals surface area contributed by atoms with E-state index in [4.69, 9.17) is 0 Å². The fraction of sp³-hybridized carbons (Fsp3) is 0.200. The average Bonchev–Trinajstić information content (AvgIpc) is 2.54. The fourth-order valence-corrected chi connectivity index (χ4v) is 1.23. The molecule has 1 aromatic carbocycles. The van der Waals surface area contributed by atoms with Crippen LogP contribution in [0, 0.1) is 6.07 Å². The molecule has 0 aromatic heterocycles. The molecule has 0 unspecified atom stereocenters. The second kappa shape index (κ2) is 4.45. The Bertz CT molecular complexity index is 341. The first-order valence-electron chi connectivity index (χ1n) is 3.97. The number of nitrogens with zero attached hydrogens (tertiary/aromatic N) is 2. The van der Waals surface area contributed by atoms with Gasteiger partial charge >= 0.3 is 0 Å². The van der Waals surface area contributed by atoms with Gasteiger partial charge in [-0.25, -0.2) is 0 Å². The standard InChI is InChI=1S/C10H10N2.Ir/c1-12-8-7-10(11-12)9-5-3-2-4-6-9;/h2-5,8H,7H2,1H3;. The zero-order chi connectivity index (χ0) is 8.39. The minimum atomic E-state index is 0. The number of rotatable bonds is 1. The first kappa shape index (κ1) is 10.3. The summed E-state index contributed by atoms with van der Waals surface area (Å²) in [6.45, 7) is 0. The van der Waals surface area contributed by atoms with Crippen LogP contribution in [0.2, 0.25) is 0 Å². The van der Waals surface area contributed by atoms with E-state index in [1.54, 1.807) is 0 Å². The van der Waals surface area contributed by atoms with Crippen LogP contribution >= 0.6 is 0 Å². The van der Waals surface area contributed by atoms with Crippen LogP contribution in [0.15, 0.2) is 29.4 Å². The molecule has 0 bridgehead atoms. The van der Waals surface area contributed by atoms with Gasteiger partial charge in [0.25, 0.3) is 0 Å². The molecule has 1 radical (unpaired) electrons. The van der Waals surface area contributed by atoms with Gasteiger partial charge in [-0.15, -0.1) is 40.6 Å². The van der Waals surface area contributed by atoms with Crippen LogP contribution in [0.3, 0.4) is 0 Å². The Morgan fingerprint density at radius 3 is 2.85 bits per heavy atom. The van der Waals surface area contributed by atoms with E-state index in [2.05, 4.69) is 17.4 Å². The average molecular weight is 350 g/mol. The summed E-state index contributed by atoms with van der Waals surface area (Å²) in [5.41, 5.74) is 2.19. The molecule has 1 aliphatic rings.